The Kier molecular flexibility index (Phi) is 6.70. The van der Waals surface area contributed by atoms with E-state index in [1.807, 2.05) is 4.90 Å². The van der Waals surface area contributed by atoms with Crippen molar-refractivity contribution in [3.8, 4) is 11.4 Å². The first-order valence-electron chi connectivity index (χ1n) is 9.96. The SMILES string of the molecule is COc1cn(-c2cccc(C(F)(F)F)c2)nc1C(=O)NNC(=O)c1csc(N2CCOCC2)n1. The number of ether oxygens (including phenoxy) is 2. The van der Waals surface area contributed by atoms with Gasteiger partial charge in [-0.05, 0) is 18.2 Å². The van der Waals surface area contributed by atoms with Gasteiger partial charge in [-0.2, -0.15) is 18.3 Å². The molecule has 0 radical (unpaired) electrons. The number of hydrogen-bond donors (Lipinski definition) is 2. The number of nitrogens with zero attached hydrogens (tertiary/aromatic N) is 4. The van der Waals surface area contributed by atoms with Crippen LogP contribution in [0.1, 0.15) is 26.5 Å². The molecule has 180 valence electrons. The van der Waals surface area contributed by atoms with Crippen molar-refractivity contribution >= 4 is 28.3 Å². The molecule has 34 heavy (non-hydrogen) atoms. The van der Waals surface area contributed by atoms with Crippen LogP contribution < -0.4 is 20.5 Å². The van der Waals surface area contributed by atoms with Gasteiger partial charge >= 0.3 is 6.18 Å². The van der Waals surface area contributed by atoms with Gasteiger partial charge in [-0.25, -0.2) is 9.67 Å². The number of halogens is 3. The molecule has 1 fully saturated rings. The van der Waals surface area contributed by atoms with Crippen LogP contribution in [-0.4, -0.2) is 60.0 Å². The Labute approximate surface area is 195 Å². The van der Waals surface area contributed by atoms with E-state index in [9.17, 15) is 22.8 Å². The fraction of sp³-hybridized carbons (Fsp3) is 0.300. The van der Waals surface area contributed by atoms with E-state index < -0.39 is 23.6 Å². The van der Waals surface area contributed by atoms with E-state index in [4.69, 9.17) is 9.47 Å². The molecule has 0 saturated carbocycles. The smallest absolute Gasteiger partial charge is 0.416 e. The first-order chi connectivity index (χ1) is 16.3. The van der Waals surface area contributed by atoms with Crippen LogP contribution in [0.5, 0.6) is 5.75 Å². The maximum absolute atomic E-state index is 13.0. The summed E-state index contributed by atoms with van der Waals surface area (Å²) in [7, 11) is 1.28. The Morgan fingerprint density at radius 3 is 2.62 bits per heavy atom. The fourth-order valence-electron chi connectivity index (χ4n) is 3.13. The van der Waals surface area contributed by atoms with E-state index >= 15 is 0 Å². The minimum Gasteiger partial charge on any atom is -0.493 e. The largest absolute Gasteiger partial charge is 0.493 e. The summed E-state index contributed by atoms with van der Waals surface area (Å²) >= 11 is 1.29. The number of anilines is 1. The van der Waals surface area contributed by atoms with Crippen LogP contribution in [0.25, 0.3) is 5.69 Å². The number of morpholine rings is 1. The summed E-state index contributed by atoms with van der Waals surface area (Å²) in [6.45, 7) is 2.48. The van der Waals surface area contributed by atoms with Gasteiger partial charge in [0.25, 0.3) is 11.8 Å². The van der Waals surface area contributed by atoms with Crippen molar-refractivity contribution in [2.24, 2.45) is 0 Å². The zero-order chi connectivity index (χ0) is 24.3. The van der Waals surface area contributed by atoms with Gasteiger partial charge in [-0.15, -0.1) is 11.3 Å². The second-order valence-electron chi connectivity index (χ2n) is 7.06. The van der Waals surface area contributed by atoms with E-state index in [1.54, 1.807) is 5.38 Å². The highest BCUT2D eigenvalue weighted by Gasteiger charge is 2.31. The first kappa shape index (κ1) is 23.5. The van der Waals surface area contributed by atoms with Gasteiger partial charge in [0.2, 0.25) is 0 Å². The number of methoxy groups -OCH3 is 1. The average Bonchev–Trinajstić information content (AvgIpc) is 3.50. The topological polar surface area (TPSA) is 111 Å². The second kappa shape index (κ2) is 9.69. The molecule has 1 aromatic carbocycles. The average molecular weight is 496 g/mol. The summed E-state index contributed by atoms with van der Waals surface area (Å²) in [5, 5.41) is 6.25. The normalized spacial score (nSPS) is 14.1. The molecule has 0 bridgehead atoms. The Hall–Kier alpha value is -3.65. The van der Waals surface area contributed by atoms with E-state index in [0.29, 0.717) is 31.4 Å². The summed E-state index contributed by atoms with van der Waals surface area (Å²) in [5.74, 6) is -1.45. The lowest BCUT2D eigenvalue weighted by Gasteiger charge is -2.25. The van der Waals surface area contributed by atoms with E-state index in [1.165, 1.54) is 36.8 Å². The molecule has 0 aliphatic carbocycles. The summed E-state index contributed by atoms with van der Waals surface area (Å²) in [4.78, 5) is 31.3. The van der Waals surface area contributed by atoms with Crippen LogP contribution in [-0.2, 0) is 10.9 Å². The first-order valence-corrected chi connectivity index (χ1v) is 10.8. The molecule has 14 heteroatoms. The van der Waals surface area contributed by atoms with Gasteiger partial charge in [-0.1, -0.05) is 6.07 Å². The van der Waals surface area contributed by atoms with E-state index in [0.717, 1.165) is 16.8 Å². The molecule has 4 rings (SSSR count). The van der Waals surface area contributed by atoms with Gasteiger partial charge in [0.15, 0.2) is 16.6 Å². The van der Waals surface area contributed by atoms with Crippen molar-refractivity contribution in [1.82, 2.24) is 25.6 Å². The minimum absolute atomic E-state index is 0.00687. The van der Waals surface area contributed by atoms with Gasteiger partial charge in [0.1, 0.15) is 5.69 Å². The van der Waals surface area contributed by atoms with Crippen molar-refractivity contribution in [3.05, 3.63) is 52.8 Å². The molecule has 1 aliphatic heterocycles. The van der Waals surface area contributed by atoms with Crippen molar-refractivity contribution in [1.29, 1.82) is 0 Å². The van der Waals surface area contributed by atoms with Gasteiger partial charge in [0, 0.05) is 18.5 Å². The van der Waals surface area contributed by atoms with Crippen molar-refractivity contribution in [3.63, 3.8) is 0 Å². The molecular formula is C20H19F3N6O4S. The van der Waals surface area contributed by atoms with Crippen LogP contribution in [0.15, 0.2) is 35.8 Å². The summed E-state index contributed by atoms with van der Waals surface area (Å²) in [5.41, 5.74) is 3.57. The number of nitrogens with one attached hydrogen (secondary N) is 2. The van der Waals surface area contributed by atoms with Crippen LogP contribution in [0.4, 0.5) is 18.3 Å². The molecule has 0 unspecified atom stereocenters. The number of hydrazine groups is 1. The number of carbonyl (C=O) groups excluding carboxylic acids is 2. The highest BCUT2D eigenvalue weighted by atomic mass is 32.1. The second-order valence-corrected chi connectivity index (χ2v) is 7.90. The molecule has 3 aromatic rings. The summed E-state index contributed by atoms with van der Waals surface area (Å²) in [6.07, 6.45) is -3.27. The number of thiazole rings is 1. The monoisotopic (exact) mass is 496 g/mol. The Bertz CT molecular complexity index is 1190. The molecule has 1 saturated heterocycles. The van der Waals surface area contributed by atoms with Crippen LogP contribution in [0.3, 0.4) is 0 Å². The van der Waals surface area contributed by atoms with Gasteiger partial charge in [0.05, 0.1) is 37.8 Å². The number of benzene rings is 1. The molecule has 0 atom stereocenters. The lowest BCUT2D eigenvalue weighted by atomic mass is 10.2. The molecule has 2 amide bonds. The molecule has 1 aliphatic rings. The van der Waals surface area contributed by atoms with E-state index in [-0.39, 0.29) is 22.8 Å². The maximum atomic E-state index is 13.0. The summed E-state index contributed by atoms with van der Waals surface area (Å²) in [6, 6.07) is 4.45. The number of alkyl halides is 3. The van der Waals surface area contributed by atoms with Crippen molar-refractivity contribution < 1.29 is 32.2 Å². The number of rotatable bonds is 5. The quantitative estimate of drug-likeness (QED) is 0.522. The number of hydrogen-bond acceptors (Lipinski definition) is 8. The molecule has 2 aromatic heterocycles. The van der Waals surface area contributed by atoms with E-state index in [2.05, 4.69) is 20.9 Å². The molecule has 10 nitrogen and oxygen atoms in total. The van der Waals surface area contributed by atoms with Crippen LogP contribution in [0.2, 0.25) is 0 Å². The summed E-state index contributed by atoms with van der Waals surface area (Å²) < 4.78 is 50.5. The zero-order valence-electron chi connectivity index (χ0n) is 17.8. The third kappa shape index (κ3) is 5.12. The minimum atomic E-state index is -4.53. The van der Waals surface area contributed by atoms with Crippen LogP contribution in [0, 0.1) is 0 Å². The Morgan fingerprint density at radius 1 is 1.18 bits per heavy atom. The van der Waals surface area contributed by atoms with Crippen molar-refractivity contribution in [2.75, 3.05) is 38.3 Å². The zero-order valence-corrected chi connectivity index (χ0v) is 18.6. The molecule has 3 heterocycles. The predicted molar refractivity (Wildman–Crippen MR) is 115 cm³/mol. The number of carbonyl (C=O) groups is 2. The highest BCUT2D eigenvalue weighted by molar-refractivity contribution is 7.13. The fourth-order valence-corrected chi connectivity index (χ4v) is 3.99. The maximum Gasteiger partial charge on any atom is 0.416 e. The third-order valence-electron chi connectivity index (χ3n) is 4.85. The Morgan fingerprint density at radius 2 is 1.91 bits per heavy atom. The van der Waals surface area contributed by atoms with Gasteiger partial charge < -0.3 is 14.4 Å². The van der Waals surface area contributed by atoms with Crippen LogP contribution >= 0.6 is 11.3 Å². The van der Waals surface area contributed by atoms with Gasteiger partial charge in [-0.3, -0.25) is 20.4 Å². The highest BCUT2D eigenvalue weighted by Crippen LogP contribution is 2.30. The van der Waals surface area contributed by atoms with Crippen molar-refractivity contribution in [2.45, 2.75) is 6.18 Å². The lowest BCUT2D eigenvalue weighted by Crippen LogP contribution is -2.42. The number of aromatic nitrogens is 3. The predicted octanol–water partition coefficient (Wildman–Crippen LogP) is 2.27. The molecular weight excluding hydrogens is 477 g/mol. The lowest BCUT2D eigenvalue weighted by molar-refractivity contribution is -0.137. The standard InChI is InChI=1S/C20H19F3N6O4S/c1-32-15-10-29(13-4-2-3-12(9-13)20(21,22)23)27-16(15)18(31)26-25-17(30)14-11-34-19(24-14)28-5-7-33-8-6-28/h2-4,9-11H,5-8H2,1H3,(H,25,30)(H,26,31). The molecule has 0 spiro atoms. The third-order valence-corrected chi connectivity index (χ3v) is 5.75. The Balaban J connectivity index is 1.44. The molecule has 2 N–H and O–H groups in total. The number of amides is 2.